The van der Waals surface area contributed by atoms with Gasteiger partial charge in [-0.1, -0.05) is 12.1 Å². The molecule has 1 aliphatic rings. The van der Waals surface area contributed by atoms with Gasteiger partial charge in [0, 0.05) is 19.2 Å². The Morgan fingerprint density at radius 1 is 1.18 bits per heavy atom. The summed E-state index contributed by atoms with van der Waals surface area (Å²) in [6.45, 7) is 5.07. The van der Waals surface area contributed by atoms with Crippen molar-refractivity contribution in [1.82, 2.24) is 9.97 Å². The summed E-state index contributed by atoms with van der Waals surface area (Å²) in [6.07, 6.45) is 0. The van der Waals surface area contributed by atoms with E-state index in [4.69, 9.17) is 9.47 Å². The van der Waals surface area contributed by atoms with Gasteiger partial charge in [0.1, 0.15) is 23.2 Å². The molecule has 1 saturated heterocycles. The molecule has 1 aliphatic heterocycles. The highest BCUT2D eigenvalue weighted by Crippen LogP contribution is 2.27. The molecule has 3 rings (SSSR count). The van der Waals surface area contributed by atoms with Gasteiger partial charge in [0.2, 0.25) is 0 Å². The monoisotopic (exact) mass is 300 g/mol. The number of para-hydroxylation sites is 2. The van der Waals surface area contributed by atoms with Crippen LogP contribution >= 0.6 is 0 Å². The number of hydrogen-bond acceptors (Lipinski definition) is 6. The second-order valence-corrected chi connectivity index (χ2v) is 5.08. The molecule has 0 radical (unpaired) electrons. The number of benzene rings is 1. The number of methoxy groups -OCH3 is 1. The number of nitrogens with zero attached hydrogens (tertiary/aromatic N) is 3. The molecule has 1 aromatic heterocycles. The average molecular weight is 300 g/mol. The molecule has 0 bridgehead atoms. The maximum absolute atomic E-state index is 5.39. The zero-order valence-electron chi connectivity index (χ0n) is 12.9. The molecule has 6 nitrogen and oxygen atoms in total. The predicted octanol–water partition coefficient (Wildman–Crippen LogP) is 2.37. The first-order valence-corrected chi connectivity index (χ1v) is 7.34. The van der Waals surface area contributed by atoms with E-state index in [0.29, 0.717) is 0 Å². The van der Waals surface area contributed by atoms with Gasteiger partial charge in [-0.3, -0.25) is 0 Å². The summed E-state index contributed by atoms with van der Waals surface area (Å²) in [4.78, 5) is 11.2. The summed E-state index contributed by atoms with van der Waals surface area (Å²) < 4.78 is 10.8. The highest BCUT2D eigenvalue weighted by molar-refractivity contribution is 5.65. The second kappa shape index (κ2) is 6.62. The number of aromatic nitrogens is 2. The first-order chi connectivity index (χ1) is 10.8. The fourth-order valence-corrected chi connectivity index (χ4v) is 2.46. The summed E-state index contributed by atoms with van der Waals surface area (Å²) in [5, 5.41) is 3.31. The van der Waals surface area contributed by atoms with Gasteiger partial charge >= 0.3 is 0 Å². The maximum atomic E-state index is 5.39. The lowest BCUT2D eigenvalue weighted by Gasteiger charge is -2.28. The molecule has 2 heterocycles. The van der Waals surface area contributed by atoms with Crippen LogP contribution in [0.3, 0.4) is 0 Å². The molecule has 0 amide bonds. The van der Waals surface area contributed by atoms with E-state index in [9.17, 15) is 0 Å². The SMILES string of the molecule is COc1ccccc1Nc1cc(N2CCOCC2)nc(C)n1. The fourth-order valence-electron chi connectivity index (χ4n) is 2.46. The molecule has 6 heteroatoms. The van der Waals surface area contributed by atoms with Gasteiger partial charge in [0.15, 0.2) is 0 Å². The second-order valence-electron chi connectivity index (χ2n) is 5.08. The average Bonchev–Trinajstić information content (AvgIpc) is 2.56. The fraction of sp³-hybridized carbons (Fsp3) is 0.375. The first kappa shape index (κ1) is 14.6. The van der Waals surface area contributed by atoms with Crippen LogP contribution in [0.2, 0.25) is 0 Å². The summed E-state index contributed by atoms with van der Waals surface area (Å²) in [6, 6.07) is 9.74. The number of anilines is 3. The van der Waals surface area contributed by atoms with Crippen molar-refractivity contribution in [3.8, 4) is 5.75 Å². The number of morpholine rings is 1. The largest absolute Gasteiger partial charge is 0.495 e. The van der Waals surface area contributed by atoms with Crippen LogP contribution in [0.1, 0.15) is 5.82 Å². The van der Waals surface area contributed by atoms with Gasteiger partial charge in [0.25, 0.3) is 0 Å². The molecule has 1 fully saturated rings. The Labute approximate surface area is 130 Å². The summed E-state index contributed by atoms with van der Waals surface area (Å²) in [5.41, 5.74) is 0.885. The molecule has 0 atom stereocenters. The van der Waals surface area contributed by atoms with Crippen LogP contribution in [-0.4, -0.2) is 43.4 Å². The van der Waals surface area contributed by atoms with Gasteiger partial charge in [-0.15, -0.1) is 0 Å². The Morgan fingerprint density at radius 2 is 1.95 bits per heavy atom. The lowest BCUT2D eigenvalue weighted by atomic mass is 10.3. The van der Waals surface area contributed by atoms with Crippen molar-refractivity contribution in [1.29, 1.82) is 0 Å². The summed E-state index contributed by atoms with van der Waals surface area (Å²) >= 11 is 0. The quantitative estimate of drug-likeness (QED) is 0.935. The third-order valence-electron chi connectivity index (χ3n) is 3.53. The minimum atomic E-state index is 0.734. The Morgan fingerprint density at radius 3 is 2.73 bits per heavy atom. The normalized spacial score (nSPS) is 14.7. The lowest BCUT2D eigenvalue weighted by molar-refractivity contribution is 0.122. The van der Waals surface area contributed by atoms with Crippen molar-refractivity contribution >= 4 is 17.3 Å². The maximum Gasteiger partial charge on any atom is 0.142 e. The molecule has 1 aromatic carbocycles. The van der Waals surface area contributed by atoms with E-state index in [1.165, 1.54) is 0 Å². The Kier molecular flexibility index (Phi) is 4.39. The molecule has 22 heavy (non-hydrogen) atoms. The third kappa shape index (κ3) is 3.28. The van der Waals surface area contributed by atoms with Gasteiger partial charge < -0.3 is 19.7 Å². The zero-order chi connectivity index (χ0) is 15.4. The Balaban J connectivity index is 1.85. The number of aryl methyl sites for hydroxylation is 1. The van der Waals surface area contributed by atoms with Crippen LogP contribution in [0.5, 0.6) is 5.75 Å². The first-order valence-electron chi connectivity index (χ1n) is 7.34. The summed E-state index contributed by atoms with van der Waals surface area (Å²) in [5.74, 6) is 3.21. The van der Waals surface area contributed by atoms with Crippen molar-refractivity contribution in [2.24, 2.45) is 0 Å². The van der Waals surface area contributed by atoms with Crippen molar-refractivity contribution in [2.75, 3.05) is 43.6 Å². The molecule has 0 saturated carbocycles. The van der Waals surface area contributed by atoms with E-state index in [2.05, 4.69) is 20.2 Å². The molecular weight excluding hydrogens is 280 g/mol. The molecular formula is C16H20N4O2. The van der Waals surface area contributed by atoms with Crippen molar-refractivity contribution in [2.45, 2.75) is 6.92 Å². The predicted molar refractivity (Wildman–Crippen MR) is 86.1 cm³/mol. The van der Waals surface area contributed by atoms with Gasteiger partial charge in [-0.05, 0) is 19.1 Å². The van der Waals surface area contributed by atoms with Crippen LogP contribution in [-0.2, 0) is 4.74 Å². The van der Waals surface area contributed by atoms with Gasteiger partial charge in [-0.2, -0.15) is 0 Å². The third-order valence-corrected chi connectivity index (χ3v) is 3.53. The number of nitrogens with one attached hydrogen (secondary N) is 1. The topological polar surface area (TPSA) is 59.5 Å². The van der Waals surface area contributed by atoms with Crippen molar-refractivity contribution < 1.29 is 9.47 Å². The van der Waals surface area contributed by atoms with Crippen LogP contribution in [0, 0.1) is 6.92 Å². The summed E-state index contributed by atoms with van der Waals surface area (Å²) in [7, 11) is 1.66. The van der Waals surface area contributed by atoms with E-state index in [-0.39, 0.29) is 0 Å². The van der Waals surface area contributed by atoms with E-state index < -0.39 is 0 Å². The Hall–Kier alpha value is -2.34. The molecule has 116 valence electrons. The highest BCUT2D eigenvalue weighted by Gasteiger charge is 2.14. The molecule has 0 unspecified atom stereocenters. The van der Waals surface area contributed by atoms with E-state index >= 15 is 0 Å². The molecule has 2 aromatic rings. The van der Waals surface area contributed by atoms with E-state index in [1.807, 2.05) is 37.3 Å². The Bertz CT molecular complexity index is 642. The van der Waals surface area contributed by atoms with E-state index in [0.717, 1.165) is 55.2 Å². The van der Waals surface area contributed by atoms with Crippen molar-refractivity contribution in [3.63, 3.8) is 0 Å². The zero-order valence-corrected chi connectivity index (χ0v) is 12.9. The highest BCUT2D eigenvalue weighted by atomic mass is 16.5. The van der Waals surface area contributed by atoms with Crippen LogP contribution < -0.4 is 15.0 Å². The number of hydrogen-bond donors (Lipinski definition) is 1. The minimum absolute atomic E-state index is 0.734. The van der Waals surface area contributed by atoms with Crippen LogP contribution in [0.15, 0.2) is 30.3 Å². The van der Waals surface area contributed by atoms with Gasteiger partial charge in [-0.25, -0.2) is 9.97 Å². The van der Waals surface area contributed by atoms with Crippen LogP contribution in [0.4, 0.5) is 17.3 Å². The smallest absolute Gasteiger partial charge is 0.142 e. The standard InChI is InChI=1S/C16H20N4O2/c1-12-17-15(19-13-5-3-4-6-14(13)21-2)11-16(18-12)20-7-9-22-10-8-20/h3-6,11H,7-10H2,1-2H3,(H,17,18,19). The molecule has 0 aliphatic carbocycles. The van der Waals surface area contributed by atoms with Crippen molar-refractivity contribution in [3.05, 3.63) is 36.2 Å². The molecule has 1 N–H and O–H groups in total. The number of ether oxygens (including phenoxy) is 2. The minimum Gasteiger partial charge on any atom is -0.495 e. The van der Waals surface area contributed by atoms with E-state index in [1.54, 1.807) is 7.11 Å². The molecule has 0 spiro atoms. The van der Waals surface area contributed by atoms with Crippen LogP contribution in [0.25, 0.3) is 0 Å². The lowest BCUT2D eigenvalue weighted by Crippen LogP contribution is -2.36. The number of rotatable bonds is 4. The van der Waals surface area contributed by atoms with Gasteiger partial charge in [0.05, 0.1) is 26.0 Å².